The lowest BCUT2D eigenvalue weighted by Gasteiger charge is -2.10. The molecular weight excluding hydrogens is 342 g/mol. The van der Waals surface area contributed by atoms with E-state index in [4.69, 9.17) is 4.74 Å². The minimum absolute atomic E-state index is 0.0394. The van der Waals surface area contributed by atoms with Crippen molar-refractivity contribution in [2.75, 3.05) is 13.2 Å². The Morgan fingerprint density at radius 2 is 1.73 bits per heavy atom. The molecule has 4 heteroatoms. The van der Waals surface area contributed by atoms with Crippen LogP contribution in [0, 0.1) is 0 Å². The average molecular weight is 364 g/mol. The predicted molar refractivity (Wildman–Crippen MR) is 105 cm³/mol. The lowest BCUT2D eigenvalue weighted by Crippen LogP contribution is -2.87. The van der Waals surface area contributed by atoms with Crippen LogP contribution in [-0.2, 0) is 0 Å². The normalized spacial score (nSPS) is 16.5. The summed E-state index contributed by atoms with van der Waals surface area (Å²) in [4.78, 5) is 12.7. The maximum Gasteiger partial charge on any atom is 0.193 e. The van der Waals surface area contributed by atoms with Gasteiger partial charge in [-0.2, -0.15) is 11.3 Å². The Kier molecular flexibility index (Phi) is 5.14. The number of rotatable bonds is 6. The zero-order chi connectivity index (χ0) is 17.8. The molecule has 0 amide bonds. The van der Waals surface area contributed by atoms with E-state index in [9.17, 15) is 4.79 Å². The summed E-state index contributed by atoms with van der Waals surface area (Å²) in [5, 5.41) is 6.51. The van der Waals surface area contributed by atoms with E-state index < -0.39 is 0 Å². The summed E-state index contributed by atoms with van der Waals surface area (Å²) >= 11 is 1.67. The molecule has 0 spiro atoms. The van der Waals surface area contributed by atoms with Crippen molar-refractivity contribution in [3.8, 4) is 16.9 Å². The quantitative estimate of drug-likeness (QED) is 0.677. The van der Waals surface area contributed by atoms with Crippen LogP contribution in [-0.4, -0.2) is 25.0 Å². The summed E-state index contributed by atoms with van der Waals surface area (Å²) < 4.78 is 5.85. The molecule has 1 fully saturated rings. The van der Waals surface area contributed by atoms with Gasteiger partial charge in [0, 0.05) is 24.0 Å². The smallest absolute Gasteiger partial charge is 0.193 e. The highest BCUT2D eigenvalue weighted by Gasteiger charge is 2.18. The van der Waals surface area contributed by atoms with E-state index in [0.717, 1.165) is 17.9 Å². The second-order valence-corrected chi connectivity index (χ2v) is 7.46. The van der Waals surface area contributed by atoms with Gasteiger partial charge < -0.3 is 10.1 Å². The SMILES string of the molecule is O=C(c1ccc(OC[C@H]2CCC[NH2+]2)cc1)c1ccc(-c2ccsc2)cc1. The third kappa shape index (κ3) is 3.87. The topological polar surface area (TPSA) is 42.9 Å². The van der Waals surface area contributed by atoms with E-state index in [-0.39, 0.29) is 5.78 Å². The summed E-state index contributed by atoms with van der Waals surface area (Å²) in [6, 6.07) is 17.9. The number of carbonyl (C=O) groups is 1. The molecule has 0 unspecified atom stereocenters. The number of thiophene rings is 1. The summed E-state index contributed by atoms with van der Waals surface area (Å²) in [6.07, 6.45) is 2.49. The van der Waals surface area contributed by atoms with Gasteiger partial charge in [-0.1, -0.05) is 24.3 Å². The number of ketones is 1. The zero-order valence-corrected chi connectivity index (χ0v) is 15.4. The van der Waals surface area contributed by atoms with Crippen molar-refractivity contribution < 1.29 is 14.8 Å². The fourth-order valence-electron chi connectivity index (χ4n) is 3.32. The molecule has 1 aliphatic heterocycles. The van der Waals surface area contributed by atoms with Crippen LogP contribution in [0.15, 0.2) is 65.4 Å². The number of hydrogen-bond acceptors (Lipinski definition) is 3. The van der Waals surface area contributed by atoms with Crippen LogP contribution in [0.4, 0.5) is 0 Å². The Hall–Kier alpha value is -2.43. The number of carbonyl (C=O) groups excluding carboxylic acids is 1. The molecular formula is C22H22NO2S+. The number of benzene rings is 2. The van der Waals surface area contributed by atoms with Gasteiger partial charge in [-0.15, -0.1) is 0 Å². The first-order valence-electron chi connectivity index (χ1n) is 9.03. The van der Waals surface area contributed by atoms with Crippen molar-refractivity contribution >= 4 is 17.1 Å². The molecule has 0 bridgehead atoms. The fraction of sp³-hybridized carbons (Fsp3) is 0.227. The molecule has 2 heterocycles. The number of ether oxygens (including phenoxy) is 1. The van der Waals surface area contributed by atoms with E-state index in [1.54, 1.807) is 11.3 Å². The molecule has 3 aromatic rings. The highest BCUT2D eigenvalue weighted by molar-refractivity contribution is 7.08. The van der Waals surface area contributed by atoms with Gasteiger partial charge in [-0.05, 0) is 52.2 Å². The van der Waals surface area contributed by atoms with E-state index in [2.05, 4.69) is 22.1 Å². The van der Waals surface area contributed by atoms with Crippen LogP contribution in [0.2, 0.25) is 0 Å². The maximum absolute atomic E-state index is 12.7. The lowest BCUT2D eigenvalue weighted by molar-refractivity contribution is -0.670. The van der Waals surface area contributed by atoms with Crippen LogP contribution in [0.25, 0.3) is 11.1 Å². The second-order valence-electron chi connectivity index (χ2n) is 6.68. The zero-order valence-electron chi connectivity index (χ0n) is 14.6. The highest BCUT2D eigenvalue weighted by atomic mass is 32.1. The van der Waals surface area contributed by atoms with Crippen LogP contribution >= 0.6 is 11.3 Å². The third-order valence-electron chi connectivity index (χ3n) is 4.86. The summed E-state index contributed by atoms with van der Waals surface area (Å²) in [6.45, 7) is 1.93. The molecule has 3 nitrogen and oxygen atoms in total. The molecule has 0 saturated carbocycles. The molecule has 1 atom stereocenters. The summed E-state index contributed by atoms with van der Waals surface area (Å²) in [5.74, 6) is 0.868. The molecule has 2 aromatic carbocycles. The van der Waals surface area contributed by atoms with Gasteiger partial charge >= 0.3 is 0 Å². The predicted octanol–water partition coefficient (Wildman–Crippen LogP) is 3.75. The molecule has 2 N–H and O–H groups in total. The highest BCUT2D eigenvalue weighted by Crippen LogP contribution is 2.23. The Bertz CT molecular complexity index is 848. The van der Waals surface area contributed by atoms with Gasteiger partial charge in [0.05, 0.1) is 6.54 Å². The Labute approximate surface area is 157 Å². The molecule has 0 radical (unpaired) electrons. The van der Waals surface area contributed by atoms with Crippen LogP contribution in [0.5, 0.6) is 5.75 Å². The Balaban J connectivity index is 1.41. The van der Waals surface area contributed by atoms with Crippen molar-refractivity contribution in [2.24, 2.45) is 0 Å². The monoisotopic (exact) mass is 364 g/mol. The number of nitrogens with two attached hydrogens (primary N) is 1. The Morgan fingerprint density at radius 3 is 2.35 bits per heavy atom. The van der Waals surface area contributed by atoms with Gasteiger partial charge in [-0.25, -0.2) is 0 Å². The van der Waals surface area contributed by atoms with Gasteiger partial charge in [0.2, 0.25) is 0 Å². The van der Waals surface area contributed by atoms with E-state index >= 15 is 0 Å². The summed E-state index contributed by atoms with van der Waals surface area (Å²) in [7, 11) is 0. The van der Waals surface area contributed by atoms with E-state index in [0.29, 0.717) is 17.2 Å². The minimum atomic E-state index is 0.0394. The van der Waals surface area contributed by atoms with Gasteiger partial charge in [0.1, 0.15) is 18.4 Å². The minimum Gasteiger partial charge on any atom is -0.487 e. The number of hydrogen-bond donors (Lipinski definition) is 1. The summed E-state index contributed by atoms with van der Waals surface area (Å²) in [5.41, 5.74) is 3.72. The first kappa shape index (κ1) is 17.0. The molecule has 1 aromatic heterocycles. The molecule has 1 saturated heterocycles. The van der Waals surface area contributed by atoms with Crippen LogP contribution in [0.1, 0.15) is 28.8 Å². The molecule has 1 aliphatic rings. The van der Waals surface area contributed by atoms with Crippen molar-refractivity contribution in [1.29, 1.82) is 0 Å². The van der Waals surface area contributed by atoms with Crippen molar-refractivity contribution in [2.45, 2.75) is 18.9 Å². The van der Waals surface area contributed by atoms with Gasteiger partial charge in [0.15, 0.2) is 5.78 Å². The van der Waals surface area contributed by atoms with Crippen molar-refractivity contribution in [3.63, 3.8) is 0 Å². The molecule has 0 aliphatic carbocycles. The first-order chi connectivity index (χ1) is 12.8. The fourth-order valence-corrected chi connectivity index (χ4v) is 3.98. The van der Waals surface area contributed by atoms with Crippen LogP contribution < -0.4 is 10.1 Å². The first-order valence-corrected chi connectivity index (χ1v) is 9.97. The standard InChI is InChI=1S/C22H21NO2S/c24-22(17-5-3-16(4-6-17)19-11-13-26-15-19)18-7-9-21(10-8-18)25-14-20-2-1-12-23-20/h3-11,13,15,20,23H,1-2,12,14H2/p+1/t20-/m1/s1. The van der Waals surface area contributed by atoms with Gasteiger partial charge in [0.25, 0.3) is 0 Å². The average Bonchev–Trinajstić information content (AvgIpc) is 3.40. The van der Waals surface area contributed by atoms with E-state index in [1.165, 1.54) is 24.9 Å². The third-order valence-corrected chi connectivity index (χ3v) is 5.54. The van der Waals surface area contributed by atoms with Gasteiger partial charge in [-0.3, -0.25) is 4.79 Å². The largest absolute Gasteiger partial charge is 0.487 e. The van der Waals surface area contributed by atoms with Crippen molar-refractivity contribution in [1.82, 2.24) is 0 Å². The number of quaternary nitrogens is 1. The molecule has 132 valence electrons. The second kappa shape index (κ2) is 7.85. The molecule has 26 heavy (non-hydrogen) atoms. The Morgan fingerprint density at radius 1 is 1.00 bits per heavy atom. The lowest BCUT2D eigenvalue weighted by atomic mass is 10.0. The van der Waals surface area contributed by atoms with Crippen molar-refractivity contribution in [3.05, 3.63) is 76.5 Å². The maximum atomic E-state index is 12.7. The van der Waals surface area contributed by atoms with E-state index in [1.807, 2.05) is 48.5 Å². The van der Waals surface area contributed by atoms with Crippen LogP contribution in [0.3, 0.4) is 0 Å². The molecule has 4 rings (SSSR count).